The first kappa shape index (κ1) is 15.0. The number of nitrogens with one attached hydrogen (secondary N) is 2. The molecule has 6 nitrogen and oxygen atoms in total. The SMILES string of the molecule is CS(=O)(=O)c1ccccc1NC(=O)NCc1ccccn1. The molecule has 0 aliphatic rings. The van der Waals surface area contributed by atoms with Crippen LogP contribution in [0.15, 0.2) is 53.6 Å². The fourth-order valence-corrected chi connectivity index (χ4v) is 2.58. The molecule has 0 unspecified atom stereocenters. The summed E-state index contributed by atoms with van der Waals surface area (Å²) in [5.74, 6) is 0. The van der Waals surface area contributed by atoms with Gasteiger partial charge in [-0.3, -0.25) is 4.98 Å². The molecule has 0 saturated heterocycles. The number of aromatic nitrogens is 1. The van der Waals surface area contributed by atoms with Crippen molar-refractivity contribution in [3.8, 4) is 0 Å². The Morgan fingerprint density at radius 3 is 2.52 bits per heavy atom. The van der Waals surface area contributed by atoms with Gasteiger partial charge in [0.05, 0.1) is 22.8 Å². The molecule has 1 aromatic carbocycles. The van der Waals surface area contributed by atoms with Gasteiger partial charge in [0.1, 0.15) is 0 Å². The van der Waals surface area contributed by atoms with Gasteiger partial charge in [-0.15, -0.1) is 0 Å². The Morgan fingerprint density at radius 1 is 1.14 bits per heavy atom. The number of pyridine rings is 1. The Bertz CT molecular complexity index is 730. The lowest BCUT2D eigenvalue weighted by Gasteiger charge is -2.10. The van der Waals surface area contributed by atoms with Crippen LogP contribution in [0.2, 0.25) is 0 Å². The standard InChI is InChI=1S/C14H15N3O3S/c1-21(19,20)13-8-3-2-7-12(13)17-14(18)16-10-11-6-4-5-9-15-11/h2-9H,10H2,1H3,(H2,16,17,18). The van der Waals surface area contributed by atoms with Gasteiger partial charge in [0.2, 0.25) is 0 Å². The third-order valence-electron chi connectivity index (χ3n) is 2.69. The van der Waals surface area contributed by atoms with E-state index in [-0.39, 0.29) is 17.1 Å². The first-order chi connectivity index (χ1) is 9.97. The molecule has 110 valence electrons. The minimum Gasteiger partial charge on any atom is -0.332 e. The summed E-state index contributed by atoms with van der Waals surface area (Å²) < 4.78 is 23.3. The van der Waals surface area contributed by atoms with Crippen LogP contribution in [0.3, 0.4) is 0 Å². The highest BCUT2D eigenvalue weighted by Crippen LogP contribution is 2.20. The second-order valence-corrected chi connectivity index (χ2v) is 6.38. The lowest BCUT2D eigenvalue weighted by atomic mass is 10.3. The first-order valence-electron chi connectivity index (χ1n) is 6.20. The molecular formula is C14H15N3O3S. The highest BCUT2D eigenvalue weighted by molar-refractivity contribution is 7.90. The van der Waals surface area contributed by atoms with Crippen LogP contribution in [-0.2, 0) is 16.4 Å². The highest BCUT2D eigenvalue weighted by atomic mass is 32.2. The molecular weight excluding hydrogens is 290 g/mol. The van der Waals surface area contributed by atoms with Crippen LogP contribution in [0.5, 0.6) is 0 Å². The van der Waals surface area contributed by atoms with Crippen LogP contribution in [0.1, 0.15) is 5.69 Å². The van der Waals surface area contributed by atoms with E-state index in [4.69, 9.17) is 0 Å². The summed E-state index contributed by atoms with van der Waals surface area (Å²) in [4.78, 5) is 16.0. The smallest absolute Gasteiger partial charge is 0.319 e. The lowest BCUT2D eigenvalue weighted by Crippen LogP contribution is -2.29. The van der Waals surface area contributed by atoms with E-state index >= 15 is 0 Å². The lowest BCUT2D eigenvalue weighted by molar-refractivity contribution is 0.251. The summed E-state index contributed by atoms with van der Waals surface area (Å²) in [5, 5.41) is 5.15. The topological polar surface area (TPSA) is 88.2 Å². The van der Waals surface area contributed by atoms with Crippen molar-refractivity contribution in [2.24, 2.45) is 0 Å². The molecule has 0 bridgehead atoms. The number of anilines is 1. The molecule has 2 rings (SSSR count). The van der Waals surface area contributed by atoms with Gasteiger partial charge in [-0.2, -0.15) is 0 Å². The molecule has 0 fully saturated rings. The van der Waals surface area contributed by atoms with Crippen molar-refractivity contribution in [1.82, 2.24) is 10.3 Å². The molecule has 0 aliphatic heterocycles. The van der Waals surface area contributed by atoms with Crippen molar-refractivity contribution < 1.29 is 13.2 Å². The van der Waals surface area contributed by atoms with Gasteiger partial charge in [-0.05, 0) is 24.3 Å². The summed E-state index contributed by atoms with van der Waals surface area (Å²) in [6.07, 6.45) is 2.73. The fraction of sp³-hybridized carbons (Fsp3) is 0.143. The molecule has 0 atom stereocenters. The zero-order chi connectivity index (χ0) is 15.3. The largest absolute Gasteiger partial charge is 0.332 e. The predicted octanol–water partition coefficient (Wildman–Crippen LogP) is 1.81. The van der Waals surface area contributed by atoms with Crippen LogP contribution in [0, 0.1) is 0 Å². The maximum Gasteiger partial charge on any atom is 0.319 e. The summed E-state index contributed by atoms with van der Waals surface area (Å²) in [7, 11) is -3.40. The molecule has 21 heavy (non-hydrogen) atoms. The van der Waals surface area contributed by atoms with Crippen molar-refractivity contribution in [3.05, 3.63) is 54.4 Å². The van der Waals surface area contributed by atoms with Gasteiger partial charge < -0.3 is 10.6 Å². The van der Waals surface area contributed by atoms with Crippen LogP contribution >= 0.6 is 0 Å². The van der Waals surface area contributed by atoms with Crippen LogP contribution in [0.4, 0.5) is 10.5 Å². The number of hydrogen-bond donors (Lipinski definition) is 2. The quantitative estimate of drug-likeness (QED) is 0.901. The van der Waals surface area contributed by atoms with Crippen molar-refractivity contribution in [3.63, 3.8) is 0 Å². The zero-order valence-corrected chi connectivity index (χ0v) is 12.2. The average Bonchev–Trinajstić information content (AvgIpc) is 2.46. The predicted molar refractivity (Wildman–Crippen MR) is 79.6 cm³/mol. The normalized spacial score (nSPS) is 10.9. The highest BCUT2D eigenvalue weighted by Gasteiger charge is 2.14. The minimum atomic E-state index is -3.40. The molecule has 0 radical (unpaired) electrons. The maximum absolute atomic E-state index is 11.8. The number of hydrogen-bond acceptors (Lipinski definition) is 4. The molecule has 2 aromatic rings. The number of para-hydroxylation sites is 1. The molecule has 2 amide bonds. The third kappa shape index (κ3) is 4.28. The van der Waals surface area contributed by atoms with E-state index in [2.05, 4.69) is 15.6 Å². The van der Waals surface area contributed by atoms with E-state index in [0.717, 1.165) is 6.26 Å². The van der Waals surface area contributed by atoms with Crippen molar-refractivity contribution in [1.29, 1.82) is 0 Å². The van der Waals surface area contributed by atoms with Gasteiger partial charge in [0.15, 0.2) is 9.84 Å². The van der Waals surface area contributed by atoms with E-state index in [0.29, 0.717) is 5.69 Å². The van der Waals surface area contributed by atoms with Gasteiger partial charge in [0.25, 0.3) is 0 Å². The summed E-state index contributed by atoms with van der Waals surface area (Å²) in [6, 6.07) is 11.1. The number of urea groups is 1. The number of amides is 2. The number of sulfone groups is 1. The Labute approximate surface area is 123 Å². The van der Waals surface area contributed by atoms with Gasteiger partial charge in [0, 0.05) is 12.5 Å². The Morgan fingerprint density at radius 2 is 1.86 bits per heavy atom. The van der Waals surface area contributed by atoms with Gasteiger partial charge in [-0.25, -0.2) is 13.2 Å². The molecule has 1 heterocycles. The summed E-state index contributed by atoms with van der Waals surface area (Å²) in [5.41, 5.74) is 0.961. The van der Waals surface area contributed by atoms with Crippen molar-refractivity contribution >= 4 is 21.6 Å². The van der Waals surface area contributed by atoms with Gasteiger partial charge >= 0.3 is 6.03 Å². The van der Waals surface area contributed by atoms with Crippen LogP contribution in [0.25, 0.3) is 0 Å². The number of rotatable bonds is 4. The Kier molecular flexibility index (Phi) is 4.54. The fourth-order valence-electron chi connectivity index (χ4n) is 1.73. The molecule has 7 heteroatoms. The van der Waals surface area contributed by atoms with Crippen molar-refractivity contribution in [2.75, 3.05) is 11.6 Å². The second-order valence-electron chi connectivity index (χ2n) is 4.40. The number of nitrogens with zero attached hydrogens (tertiary/aromatic N) is 1. The zero-order valence-electron chi connectivity index (χ0n) is 11.4. The third-order valence-corrected chi connectivity index (χ3v) is 3.85. The van der Waals surface area contributed by atoms with E-state index in [1.807, 2.05) is 6.07 Å². The van der Waals surface area contributed by atoms with Crippen LogP contribution < -0.4 is 10.6 Å². The van der Waals surface area contributed by atoms with Crippen LogP contribution in [-0.4, -0.2) is 25.7 Å². The Balaban J connectivity index is 2.04. The molecule has 0 aliphatic carbocycles. The number of carbonyl (C=O) groups is 1. The van der Waals surface area contributed by atoms with Crippen molar-refractivity contribution in [2.45, 2.75) is 11.4 Å². The second kappa shape index (κ2) is 6.36. The molecule has 0 saturated carbocycles. The number of benzene rings is 1. The van der Waals surface area contributed by atoms with Gasteiger partial charge in [-0.1, -0.05) is 18.2 Å². The first-order valence-corrected chi connectivity index (χ1v) is 8.10. The minimum absolute atomic E-state index is 0.0815. The molecule has 2 N–H and O–H groups in total. The average molecular weight is 305 g/mol. The van der Waals surface area contributed by atoms with E-state index < -0.39 is 15.9 Å². The molecule has 1 aromatic heterocycles. The molecule has 0 spiro atoms. The van der Waals surface area contributed by atoms with E-state index in [9.17, 15) is 13.2 Å². The summed E-state index contributed by atoms with van der Waals surface area (Å²) in [6.45, 7) is 0.258. The summed E-state index contributed by atoms with van der Waals surface area (Å²) >= 11 is 0. The van der Waals surface area contributed by atoms with E-state index in [1.54, 1.807) is 30.5 Å². The Hall–Kier alpha value is -2.41. The maximum atomic E-state index is 11.8. The van der Waals surface area contributed by atoms with E-state index in [1.165, 1.54) is 12.1 Å². The monoisotopic (exact) mass is 305 g/mol. The number of carbonyl (C=O) groups excluding carboxylic acids is 1.